The van der Waals surface area contributed by atoms with Gasteiger partial charge in [-0.1, -0.05) is 80.7 Å². The van der Waals surface area contributed by atoms with Gasteiger partial charge in [-0.2, -0.15) is 0 Å². The number of benzene rings is 3. The summed E-state index contributed by atoms with van der Waals surface area (Å²) in [5, 5.41) is 2.50. The molecule has 4 atom stereocenters. The van der Waals surface area contributed by atoms with E-state index >= 15 is 0 Å². The molecule has 0 nitrogen and oxygen atoms in total. The number of alkyl halides is 1. The fourth-order valence-electron chi connectivity index (χ4n) is 6.94. The number of fused-ring (bicyclic) bond motifs is 1. The molecule has 5 rings (SSSR count). The molecule has 2 saturated carbocycles. The Labute approximate surface area is 216 Å². The molecule has 2 aliphatic carbocycles. The second-order valence-corrected chi connectivity index (χ2v) is 11.8. The first-order valence-corrected chi connectivity index (χ1v) is 13.3. The molecule has 0 radical (unpaired) electrons. The maximum absolute atomic E-state index is 14.7. The Morgan fingerprint density at radius 3 is 2.44 bits per heavy atom. The topological polar surface area (TPSA) is 0 Å². The molecule has 0 amide bonds. The van der Waals surface area contributed by atoms with Gasteiger partial charge in [0.1, 0.15) is 11.1 Å². The highest BCUT2D eigenvalue weighted by Crippen LogP contribution is 2.70. The zero-order chi connectivity index (χ0) is 25.7. The smallest absolute Gasteiger partial charge is 0.130 e. The summed E-state index contributed by atoms with van der Waals surface area (Å²) in [6, 6.07) is 23.2. The predicted octanol–water partition coefficient (Wildman–Crippen LogP) is 9.97. The van der Waals surface area contributed by atoms with Gasteiger partial charge >= 0.3 is 0 Å². The fraction of sp³-hybridized carbons (Fsp3) is 0.371. The molecule has 0 aliphatic heterocycles. The van der Waals surface area contributed by atoms with Crippen molar-refractivity contribution < 1.29 is 4.39 Å². The molecule has 0 saturated heterocycles. The number of halogens is 1. The third-order valence-corrected chi connectivity index (χ3v) is 9.64. The molecular formula is C35H38F+. The van der Waals surface area contributed by atoms with Crippen molar-refractivity contribution in [2.45, 2.75) is 64.5 Å². The summed E-state index contributed by atoms with van der Waals surface area (Å²) in [6.07, 6.45) is 5.41. The van der Waals surface area contributed by atoms with Crippen LogP contribution in [0.1, 0.15) is 75.5 Å². The van der Waals surface area contributed by atoms with Crippen molar-refractivity contribution in [1.82, 2.24) is 0 Å². The van der Waals surface area contributed by atoms with Crippen LogP contribution in [0.25, 0.3) is 16.3 Å². The maximum atomic E-state index is 14.7. The Hall–Kier alpha value is -3.02. The van der Waals surface area contributed by atoms with Gasteiger partial charge in [-0.3, -0.25) is 0 Å². The Kier molecular flexibility index (Phi) is 6.05. The summed E-state index contributed by atoms with van der Waals surface area (Å²) in [6.45, 7) is 19.1. The van der Waals surface area contributed by atoms with Crippen molar-refractivity contribution in [2.75, 3.05) is 0 Å². The molecule has 0 heterocycles. The normalized spacial score (nSPS) is 26.9. The molecule has 3 aromatic carbocycles. The molecule has 1 heteroatoms. The maximum Gasteiger partial charge on any atom is 0.130 e. The van der Waals surface area contributed by atoms with Gasteiger partial charge in [-0.25, -0.2) is 4.39 Å². The van der Waals surface area contributed by atoms with Crippen LogP contribution in [-0.4, -0.2) is 0 Å². The van der Waals surface area contributed by atoms with Crippen molar-refractivity contribution in [3.8, 4) is 0 Å². The van der Waals surface area contributed by atoms with Crippen LogP contribution in [0.15, 0.2) is 91.2 Å². The second-order valence-electron chi connectivity index (χ2n) is 11.8. The first-order chi connectivity index (χ1) is 17.1. The summed E-state index contributed by atoms with van der Waals surface area (Å²) in [7, 11) is 0. The lowest BCUT2D eigenvalue weighted by Gasteiger charge is -2.59. The van der Waals surface area contributed by atoms with Gasteiger partial charge in [0.15, 0.2) is 0 Å². The van der Waals surface area contributed by atoms with Crippen LogP contribution in [0.5, 0.6) is 0 Å². The molecule has 3 aromatic rings. The number of hydrogen-bond donors (Lipinski definition) is 0. The molecule has 0 N–H and O–H groups in total. The average molecular weight is 478 g/mol. The minimum absolute atomic E-state index is 0.0799. The van der Waals surface area contributed by atoms with E-state index in [1.165, 1.54) is 39.5 Å². The van der Waals surface area contributed by atoms with Gasteiger partial charge in [0.2, 0.25) is 0 Å². The van der Waals surface area contributed by atoms with E-state index in [-0.39, 0.29) is 22.7 Å². The molecule has 0 aromatic heterocycles. The van der Waals surface area contributed by atoms with E-state index in [0.717, 1.165) is 31.2 Å². The first-order valence-electron chi connectivity index (χ1n) is 13.3. The molecule has 184 valence electrons. The lowest BCUT2D eigenvalue weighted by Crippen LogP contribution is -2.54. The molecule has 2 fully saturated rings. The van der Waals surface area contributed by atoms with Gasteiger partial charge < -0.3 is 0 Å². The number of allylic oxidation sites excluding steroid dienone is 2. The van der Waals surface area contributed by atoms with Crippen molar-refractivity contribution in [1.29, 1.82) is 0 Å². The lowest BCUT2D eigenvalue weighted by molar-refractivity contribution is -0.0801. The zero-order valence-corrected chi connectivity index (χ0v) is 22.0. The van der Waals surface area contributed by atoms with Gasteiger partial charge in [0.25, 0.3) is 0 Å². The Morgan fingerprint density at radius 1 is 1.03 bits per heavy atom. The van der Waals surface area contributed by atoms with Crippen LogP contribution in [0.2, 0.25) is 0 Å². The fourth-order valence-corrected chi connectivity index (χ4v) is 6.94. The molecule has 2 aliphatic rings. The van der Waals surface area contributed by atoms with Crippen molar-refractivity contribution in [3.05, 3.63) is 115 Å². The molecule has 36 heavy (non-hydrogen) atoms. The van der Waals surface area contributed by atoms with E-state index in [1.807, 2.05) is 12.1 Å². The summed E-state index contributed by atoms with van der Waals surface area (Å²) < 4.78 is 14.7. The van der Waals surface area contributed by atoms with E-state index in [1.54, 1.807) is 13.8 Å². The minimum atomic E-state index is -1.35. The average Bonchev–Trinajstić information content (AvgIpc) is 2.90. The molecular weight excluding hydrogens is 439 g/mol. The summed E-state index contributed by atoms with van der Waals surface area (Å²) >= 11 is 0. The zero-order valence-electron chi connectivity index (χ0n) is 22.0. The van der Waals surface area contributed by atoms with E-state index in [0.29, 0.717) is 0 Å². The van der Waals surface area contributed by atoms with Gasteiger partial charge in [-0.15, -0.1) is 5.73 Å². The summed E-state index contributed by atoms with van der Waals surface area (Å²) in [5.41, 5.74) is 7.63. The van der Waals surface area contributed by atoms with Crippen LogP contribution in [0.3, 0.4) is 0 Å². The quantitative estimate of drug-likeness (QED) is 0.253. The lowest BCUT2D eigenvalue weighted by atomic mass is 9.40. The van der Waals surface area contributed by atoms with Crippen LogP contribution >= 0.6 is 0 Å². The highest BCUT2D eigenvalue weighted by atomic mass is 19.1. The Balaban J connectivity index is 1.39. The van der Waals surface area contributed by atoms with Crippen LogP contribution in [0.4, 0.5) is 4.39 Å². The van der Waals surface area contributed by atoms with Gasteiger partial charge in [0, 0.05) is 17.3 Å². The monoisotopic (exact) mass is 477 g/mol. The largest absolute Gasteiger partial charge is 0.239 e. The van der Waals surface area contributed by atoms with Crippen molar-refractivity contribution in [3.63, 3.8) is 0 Å². The number of rotatable bonds is 5. The second kappa shape index (κ2) is 8.82. The summed E-state index contributed by atoms with van der Waals surface area (Å²) in [5.74, 6) is 0.518. The van der Waals surface area contributed by atoms with Crippen LogP contribution in [0, 0.1) is 23.7 Å². The SMILES string of the molecule is C=C=C1CC2(CCC1C(=C)c1ccc3ccccc3c1)CCC2([CH2+])C(C)c1cccc(C(C)(C)F)c1. The van der Waals surface area contributed by atoms with E-state index < -0.39 is 5.67 Å². The van der Waals surface area contributed by atoms with Crippen molar-refractivity contribution in [2.24, 2.45) is 16.7 Å². The highest BCUT2D eigenvalue weighted by Gasteiger charge is 2.65. The van der Waals surface area contributed by atoms with E-state index in [9.17, 15) is 4.39 Å². The minimum Gasteiger partial charge on any atom is -0.239 e. The van der Waals surface area contributed by atoms with Crippen LogP contribution < -0.4 is 0 Å². The van der Waals surface area contributed by atoms with Gasteiger partial charge in [0.05, 0.1) is 6.92 Å². The summed E-state index contributed by atoms with van der Waals surface area (Å²) in [4.78, 5) is 0. The molecule has 0 bridgehead atoms. The third kappa shape index (κ3) is 3.95. The van der Waals surface area contributed by atoms with Crippen molar-refractivity contribution >= 4 is 16.3 Å². The van der Waals surface area contributed by atoms with E-state index in [4.69, 9.17) is 6.92 Å². The van der Waals surface area contributed by atoms with Crippen LogP contribution in [-0.2, 0) is 5.67 Å². The Bertz CT molecular complexity index is 1360. The first kappa shape index (κ1) is 24.7. The third-order valence-electron chi connectivity index (χ3n) is 9.64. The highest BCUT2D eigenvalue weighted by molar-refractivity contribution is 5.86. The van der Waals surface area contributed by atoms with E-state index in [2.05, 4.69) is 80.4 Å². The molecule has 4 unspecified atom stereocenters. The standard InChI is InChI=1S/C35H38F/c1-7-26-23-35(18-17-32(26)24(2)28-16-15-27-11-8-9-12-30(27)21-28)20-19-34(35,6)25(3)29-13-10-14-31(22-29)33(4,5)36/h8-16,21-22,25,32H,1-2,6,17-20,23H2,3-5H3/q+1. The number of hydrogen-bond acceptors (Lipinski definition) is 0. The van der Waals surface area contributed by atoms with Gasteiger partial charge in [-0.05, 0) is 90.6 Å². The predicted molar refractivity (Wildman–Crippen MR) is 151 cm³/mol. The Morgan fingerprint density at radius 2 is 1.78 bits per heavy atom. The molecule has 1 spiro atoms.